The summed E-state index contributed by atoms with van der Waals surface area (Å²) in [7, 11) is 0. The minimum atomic E-state index is -0.955. The van der Waals surface area contributed by atoms with E-state index in [-0.39, 0.29) is 5.56 Å². The van der Waals surface area contributed by atoms with Crippen LogP contribution in [0.1, 0.15) is 10.4 Å². The van der Waals surface area contributed by atoms with Gasteiger partial charge < -0.3 is 5.11 Å². The Labute approximate surface area is 96.6 Å². The molecule has 1 aromatic heterocycles. The van der Waals surface area contributed by atoms with Crippen LogP contribution in [0.15, 0.2) is 36.7 Å². The Morgan fingerprint density at radius 2 is 1.69 bits per heavy atom. The predicted molar refractivity (Wildman–Crippen MR) is 59.4 cm³/mol. The smallest absolute Gasteiger partial charge is 0.335 e. The highest BCUT2D eigenvalue weighted by atomic mass is 35.5. The monoisotopic (exact) mass is 234 g/mol. The molecule has 0 aliphatic carbocycles. The molecule has 5 heteroatoms. The van der Waals surface area contributed by atoms with E-state index in [0.29, 0.717) is 10.8 Å². The van der Waals surface area contributed by atoms with Gasteiger partial charge in [0.1, 0.15) is 0 Å². The Hall–Kier alpha value is -1.94. The lowest BCUT2D eigenvalue weighted by Crippen LogP contribution is -1.95. The largest absolute Gasteiger partial charge is 0.478 e. The lowest BCUT2D eigenvalue weighted by molar-refractivity contribution is 0.0697. The number of carbonyl (C=O) groups is 1. The number of aromatic carboxylic acids is 1. The number of carboxylic acids is 1. The SMILES string of the molecule is O=C(O)c1ccc(-c2ncc(Cl)cn2)cc1. The number of carboxylic acid groups (broad SMARTS) is 1. The van der Waals surface area contributed by atoms with Crippen molar-refractivity contribution < 1.29 is 9.90 Å². The van der Waals surface area contributed by atoms with Gasteiger partial charge in [-0.2, -0.15) is 0 Å². The Kier molecular flexibility index (Phi) is 2.83. The average Bonchev–Trinajstić information content (AvgIpc) is 2.30. The lowest BCUT2D eigenvalue weighted by atomic mass is 10.1. The van der Waals surface area contributed by atoms with E-state index in [1.807, 2.05) is 0 Å². The number of halogens is 1. The first-order valence-corrected chi connectivity index (χ1v) is 4.86. The number of hydrogen-bond donors (Lipinski definition) is 1. The van der Waals surface area contributed by atoms with Crippen LogP contribution in [0.5, 0.6) is 0 Å². The Morgan fingerprint density at radius 3 is 2.19 bits per heavy atom. The zero-order valence-corrected chi connectivity index (χ0v) is 8.85. The highest BCUT2D eigenvalue weighted by molar-refractivity contribution is 6.30. The van der Waals surface area contributed by atoms with Gasteiger partial charge in [0.05, 0.1) is 10.6 Å². The summed E-state index contributed by atoms with van der Waals surface area (Å²) in [5.41, 5.74) is 0.986. The van der Waals surface area contributed by atoms with Gasteiger partial charge in [0.2, 0.25) is 0 Å². The minimum absolute atomic E-state index is 0.234. The number of rotatable bonds is 2. The molecule has 0 amide bonds. The van der Waals surface area contributed by atoms with E-state index in [1.165, 1.54) is 24.5 Å². The van der Waals surface area contributed by atoms with Crippen LogP contribution >= 0.6 is 11.6 Å². The quantitative estimate of drug-likeness (QED) is 0.867. The van der Waals surface area contributed by atoms with Crippen molar-refractivity contribution in [3.05, 3.63) is 47.2 Å². The molecule has 0 saturated heterocycles. The second-order valence-corrected chi connectivity index (χ2v) is 3.54. The maximum absolute atomic E-state index is 10.6. The first-order chi connectivity index (χ1) is 7.66. The molecule has 0 radical (unpaired) electrons. The van der Waals surface area contributed by atoms with Crippen LogP contribution in [0, 0.1) is 0 Å². The predicted octanol–water partition coefficient (Wildman–Crippen LogP) is 2.50. The molecule has 0 atom stereocenters. The molecule has 2 aromatic rings. The summed E-state index contributed by atoms with van der Waals surface area (Å²) < 4.78 is 0. The normalized spacial score (nSPS) is 10.1. The van der Waals surface area contributed by atoms with Crippen molar-refractivity contribution in [1.29, 1.82) is 0 Å². The molecule has 16 heavy (non-hydrogen) atoms. The van der Waals surface area contributed by atoms with Crippen molar-refractivity contribution >= 4 is 17.6 Å². The van der Waals surface area contributed by atoms with Crippen molar-refractivity contribution in [3.8, 4) is 11.4 Å². The summed E-state index contributed by atoms with van der Waals surface area (Å²) in [5.74, 6) is -0.440. The molecule has 1 N–H and O–H groups in total. The molecule has 1 heterocycles. The number of nitrogens with zero attached hydrogens (tertiary/aromatic N) is 2. The minimum Gasteiger partial charge on any atom is -0.478 e. The van der Waals surface area contributed by atoms with Crippen molar-refractivity contribution in [2.45, 2.75) is 0 Å². The van der Waals surface area contributed by atoms with Crippen molar-refractivity contribution in [1.82, 2.24) is 9.97 Å². The molecule has 0 unspecified atom stereocenters. The molecule has 0 aliphatic heterocycles. The molecule has 0 bridgehead atoms. The fourth-order valence-corrected chi connectivity index (χ4v) is 1.32. The fraction of sp³-hybridized carbons (Fsp3) is 0. The van der Waals surface area contributed by atoms with Crippen LogP contribution in [-0.4, -0.2) is 21.0 Å². The summed E-state index contributed by atoms with van der Waals surface area (Å²) in [5, 5.41) is 9.20. The summed E-state index contributed by atoms with van der Waals surface area (Å²) in [6.45, 7) is 0. The Bertz CT molecular complexity index is 509. The zero-order valence-electron chi connectivity index (χ0n) is 8.09. The van der Waals surface area contributed by atoms with Crippen LogP contribution in [0.25, 0.3) is 11.4 Å². The van der Waals surface area contributed by atoms with Crippen LogP contribution in [-0.2, 0) is 0 Å². The van der Waals surface area contributed by atoms with Gasteiger partial charge in [0, 0.05) is 18.0 Å². The van der Waals surface area contributed by atoms with Crippen molar-refractivity contribution in [3.63, 3.8) is 0 Å². The van der Waals surface area contributed by atoms with E-state index >= 15 is 0 Å². The third-order valence-electron chi connectivity index (χ3n) is 2.01. The highest BCUT2D eigenvalue weighted by Crippen LogP contribution is 2.16. The Balaban J connectivity index is 2.34. The van der Waals surface area contributed by atoms with Gasteiger partial charge in [-0.25, -0.2) is 14.8 Å². The van der Waals surface area contributed by atoms with E-state index in [0.717, 1.165) is 5.56 Å². The molecule has 80 valence electrons. The van der Waals surface area contributed by atoms with Gasteiger partial charge in [-0.15, -0.1) is 0 Å². The molecule has 0 fully saturated rings. The third-order valence-corrected chi connectivity index (χ3v) is 2.21. The summed E-state index contributed by atoms with van der Waals surface area (Å²) in [6.07, 6.45) is 2.99. The third kappa shape index (κ3) is 2.17. The van der Waals surface area contributed by atoms with Gasteiger partial charge >= 0.3 is 5.97 Å². The van der Waals surface area contributed by atoms with Gasteiger partial charge in [0.15, 0.2) is 5.82 Å². The highest BCUT2D eigenvalue weighted by Gasteiger charge is 2.04. The van der Waals surface area contributed by atoms with Gasteiger partial charge in [-0.05, 0) is 12.1 Å². The molecule has 0 saturated carbocycles. The fourth-order valence-electron chi connectivity index (χ4n) is 1.22. The van der Waals surface area contributed by atoms with Crippen LogP contribution in [0.2, 0.25) is 5.02 Å². The van der Waals surface area contributed by atoms with E-state index in [1.54, 1.807) is 12.1 Å². The number of benzene rings is 1. The number of aromatic nitrogens is 2. The van der Waals surface area contributed by atoms with Crippen LogP contribution < -0.4 is 0 Å². The summed E-state index contributed by atoms with van der Waals surface area (Å²) in [4.78, 5) is 18.7. The Morgan fingerprint density at radius 1 is 1.12 bits per heavy atom. The zero-order chi connectivity index (χ0) is 11.5. The second kappa shape index (κ2) is 4.28. The first-order valence-electron chi connectivity index (χ1n) is 4.48. The van der Waals surface area contributed by atoms with E-state index in [2.05, 4.69) is 9.97 Å². The van der Waals surface area contributed by atoms with E-state index in [9.17, 15) is 4.79 Å². The molecule has 4 nitrogen and oxygen atoms in total. The van der Waals surface area contributed by atoms with Crippen LogP contribution in [0.3, 0.4) is 0 Å². The second-order valence-electron chi connectivity index (χ2n) is 3.11. The maximum atomic E-state index is 10.6. The number of hydrogen-bond acceptors (Lipinski definition) is 3. The molecule has 2 rings (SSSR count). The topological polar surface area (TPSA) is 63.1 Å². The van der Waals surface area contributed by atoms with Gasteiger partial charge in [-0.3, -0.25) is 0 Å². The molecular formula is C11H7ClN2O2. The molecule has 0 spiro atoms. The molecule has 0 aliphatic rings. The van der Waals surface area contributed by atoms with Crippen LogP contribution in [0.4, 0.5) is 0 Å². The maximum Gasteiger partial charge on any atom is 0.335 e. The lowest BCUT2D eigenvalue weighted by Gasteiger charge is -2.00. The average molecular weight is 235 g/mol. The molecule has 1 aromatic carbocycles. The first kappa shape index (κ1) is 10.6. The van der Waals surface area contributed by atoms with E-state index in [4.69, 9.17) is 16.7 Å². The summed E-state index contributed by atoms with van der Waals surface area (Å²) >= 11 is 5.66. The van der Waals surface area contributed by atoms with E-state index < -0.39 is 5.97 Å². The van der Waals surface area contributed by atoms with Crippen molar-refractivity contribution in [2.24, 2.45) is 0 Å². The van der Waals surface area contributed by atoms with Gasteiger partial charge in [0.25, 0.3) is 0 Å². The van der Waals surface area contributed by atoms with Crippen molar-refractivity contribution in [2.75, 3.05) is 0 Å². The van der Waals surface area contributed by atoms with Gasteiger partial charge in [-0.1, -0.05) is 23.7 Å². The standard InChI is InChI=1S/C11H7ClN2O2/c12-9-5-13-10(14-6-9)7-1-3-8(4-2-7)11(15)16/h1-6H,(H,15,16). The summed E-state index contributed by atoms with van der Waals surface area (Å²) in [6, 6.07) is 6.34. The molecular weight excluding hydrogens is 228 g/mol.